The molecule has 4 heteroatoms. The summed E-state index contributed by atoms with van der Waals surface area (Å²) in [5.74, 6) is 0.564. The van der Waals surface area contributed by atoms with E-state index < -0.39 is 0 Å². The maximum Gasteiger partial charge on any atom is 0.0595 e. The van der Waals surface area contributed by atoms with E-state index in [2.05, 4.69) is 19.2 Å². The van der Waals surface area contributed by atoms with E-state index in [-0.39, 0.29) is 5.54 Å². The van der Waals surface area contributed by atoms with Crippen molar-refractivity contribution in [1.29, 1.82) is 0 Å². The van der Waals surface area contributed by atoms with E-state index >= 15 is 0 Å². The summed E-state index contributed by atoms with van der Waals surface area (Å²) in [7, 11) is 0. The first-order chi connectivity index (χ1) is 6.94. The summed E-state index contributed by atoms with van der Waals surface area (Å²) in [6, 6.07) is 5.61. The zero-order valence-corrected chi connectivity index (χ0v) is 11.0. The molecular formula is C11H14Cl3N. The van der Waals surface area contributed by atoms with Crippen molar-refractivity contribution in [1.82, 2.24) is 5.32 Å². The highest BCUT2D eigenvalue weighted by Crippen LogP contribution is 2.22. The van der Waals surface area contributed by atoms with Crippen LogP contribution in [0, 0.1) is 0 Å². The number of rotatable bonds is 4. The van der Waals surface area contributed by atoms with Crippen LogP contribution in [0.2, 0.25) is 10.0 Å². The summed E-state index contributed by atoms with van der Waals surface area (Å²) in [6.07, 6.45) is 0. The van der Waals surface area contributed by atoms with E-state index in [0.717, 1.165) is 12.1 Å². The van der Waals surface area contributed by atoms with E-state index in [1.807, 2.05) is 12.1 Å². The molecule has 0 amide bonds. The van der Waals surface area contributed by atoms with Gasteiger partial charge in [0.2, 0.25) is 0 Å². The Morgan fingerprint density at radius 3 is 2.40 bits per heavy atom. The van der Waals surface area contributed by atoms with Crippen molar-refractivity contribution in [3.05, 3.63) is 33.8 Å². The van der Waals surface area contributed by atoms with Crippen molar-refractivity contribution < 1.29 is 0 Å². The Morgan fingerprint density at radius 2 is 1.87 bits per heavy atom. The number of hydrogen-bond acceptors (Lipinski definition) is 1. The van der Waals surface area contributed by atoms with E-state index in [1.54, 1.807) is 6.07 Å². The number of benzene rings is 1. The second-order valence-corrected chi connectivity index (χ2v) is 5.20. The minimum Gasteiger partial charge on any atom is -0.307 e. The minimum atomic E-state index is -0.0757. The summed E-state index contributed by atoms with van der Waals surface area (Å²) in [5.41, 5.74) is 1.02. The van der Waals surface area contributed by atoms with Crippen molar-refractivity contribution in [2.45, 2.75) is 25.9 Å². The molecule has 0 heterocycles. The van der Waals surface area contributed by atoms with Crippen LogP contribution in [-0.2, 0) is 6.54 Å². The van der Waals surface area contributed by atoms with Crippen molar-refractivity contribution in [3.63, 3.8) is 0 Å². The third-order valence-electron chi connectivity index (χ3n) is 2.09. The lowest BCUT2D eigenvalue weighted by molar-refractivity contribution is 0.429. The van der Waals surface area contributed by atoms with Gasteiger partial charge in [-0.05, 0) is 31.5 Å². The quantitative estimate of drug-likeness (QED) is 0.809. The van der Waals surface area contributed by atoms with Crippen LogP contribution in [0.4, 0.5) is 0 Å². The average molecular weight is 267 g/mol. The Labute approximate surface area is 106 Å². The molecule has 0 aliphatic rings. The molecular weight excluding hydrogens is 252 g/mol. The van der Waals surface area contributed by atoms with Gasteiger partial charge in [-0.2, -0.15) is 0 Å². The number of halogens is 3. The molecule has 0 aromatic heterocycles. The molecule has 1 rings (SSSR count). The number of alkyl halides is 1. The molecule has 1 aromatic rings. The van der Waals surface area contributed by atoms with Crippen molar-refractivity contribution in [2.75, 3.05) is 5.88 Å². The van der Waals surface area contributed by atoms with E-state index in [0.29, 0.717) is 15.9 Å². The highest BCUT2D eigenvalue weighted by molar-refractivity contribution is 6.42. The Balaban J connectivity index is 2.62. The van der Waals surface area contributed by atoms with Crippen molar-refractivity contribution in [3.8, 4) is 0 Å². The van der Waals surface area contributed by atoms with Gasteiger partial charge in [-0.1, -0.05) is 29.3 Å². The van der Waals surface area contributed by atoms with Crippen LogP contribution in [0.3, 0.4) is 0 Å². The summed E-state index contributed by atoms with van der Waals surface area (Å²) in [4.78, 5) is 0. The molecule has 0 saturated carbocycles. The standard InChI is InChI=1S/C11H14Cl3N/c1-11(2,7-12)15-6-8-3-4-9(13)10(14)5-8/h3-5,15H,6-7H2,1-2H3. The number of hydrogen-bond donors (Lipinski definition) is 1. The fraction of sp³-hybridized carbons (Fsp3) is 0.455. The molecule has 1 nitrogen and oxygen atoms in total. The average Bonchev–Trinajstić information content (AvgIpc) is 2.20. The van der Waals surface area contributed by atoms with Crippen LogP contribution in [0.25, 0.3) is 0 Å². The molecule has 0 spiro atoms. The first kappa shape index (κ1) is 13.1. The van der Waals surface area contributed by atoms with Gasteiger partial charge in [0.1, 0.15) is 0 Å². The van der Waals surface area contributed by atoms with Gasteiger partial charge in [-0.15, -0.1) is 11.6 Å². The molecule has 1 aromatic carbocycles. The fourth-order valence-corrected chi connectivity index (χ4v) is 1.45. The summed E-state index contributed by atoms with van der Waals surface area (Å²) in [5, 5.41) is 4.50. The van der Waals surface area contributed by atoms with Crippen LogP contribution in [0.1, 0.15) is 19.4 Å². The van der Waals surface area contributed by atoms with Gasteiger partial charge in [-0.3, -0.25) is 0 Å². The SMILES string of the molecule is CC(C)(CCl)NCc1ccc(Cl)c(Cl)c1. The topological polar surface area (TPSA) is 12.0 Å². The molecule has 84 valence electrons. The van der Waals surface area contributed by atoms with Gasteiger partial charge in [-0.25, -0.2) is 0 Å². The van der Waals surface area contributed by atoms with Gasteiger partial charge in [0, 0.05) is 18.0 Å². The summed E-state index contributed by atoms with van der Waals surface area (Å²) < 4.78 is 0. The third kappa shape index (κ3) is 4.20. The Bertz CT molecular complexity index is 337. The lowest BCUT2D eigenvalue weighted by Crippen LogP contribution is -2.40. The van der Waals surface area contributed by atoms with E-state index in [9.17, 15) is 0 Å². The minimum absolute atomic E-state index is 0.0757. The maximum atomic E-state index is 5.91. The normalized spacial score (nSPS) is 11.8. The molecule has 0 radical (unpaired) electrons. The second-order valence-electron chi connectivity index (χ2n) is 4.12. The third-order valence-corrected chi connectivity index (χ3v) is 3.50. The highest BCUT2D eigenvalue weighted by Gasteiger charge is 2.14. The lowest BCUT2D eigenvalue weighted by Gasteiger charge is -2.23. The van der Waals surface area contributed by atoms with Crippen LogP contribution >= 0.6 is 34.8 Å². The molecule has 15 heavy (non-hydrogen) atoms. The first-order valence-corrected chi connectivity index (χ1v) is 5.98. The largest absolute Gasteiger partial charge is 0.307 e. The van der Waals surface area contributed by atoms with Gasteiger partial charge >= 0.3 is 0 Å². The highest BCUT2D eigenvalue weighted by atomic mass is 35.5. The zero-order chi connectivity index (χ0) is 11.5. The van der Waals surface area contributed by atoms with Gasteiger partial charge < -0.3 is 5.32 Å². The molecule has 0 fully saturated rings. The van der Waals surface area contributed by atoms with Crippen LogP contribution < -0.4 is 5.32 Å². The molecule has 0 bridgehead atoms. The van der Waals surface area contributed by atoms with Crippen LogP contribution in [-0.4, -0.2) is 11.4 Å². The van der Waals surface area contributed by atoms with E-state index in [1.165, 1.54) is 0 Å². The molecule has 0 unspecified atom stereocenters. The Hall–Kier alpha value is 0.0500. The Morgan fingerprint density at radius 1 is 1.20 bits per heavy atom. The van der Waals surface area contributed by atoms with Gasteiger partial charge in [0.25, 0.3) is 0 Å². The smallest absolute Gasteiger partial charge is 0.0595 e. The molecule has 1 N–H and O–H groups in total. The summed E-state index contributed by atoms with van der Waals surface area (Å²) >= 11 is 17.5. The lowest BCUT2D eigenvalue weighted by atomic mass is 10.1. The monoisotopic (exact) mass is 265 g/mol. The fourth-order valence-electron chi connectivity index (χ4n) is 1.04. The predicted octanol–water partition coefficient (Wildman–Crippen LogP) is 4.10. The van der Waals surface area contributed by atoms with Gasteiger partial charge in [0.05, 0.1) is 10.0 Å². The molecule has 0 saturated heterocycles. The molecule has 0 aliphatic carbocycles. The second kappa shape index (κ2) is 5.40. The van der Waals surface area contributed by atoms with Crippen LogP contribution in [0.5, 0.6) is 0 Å². The first-order valence-electron chi connectivity index (χ1n) is 4.69. The van der Waals surface area contributed by atoms with Crippen molar-refractivity contribution >= 4 is 34.8 Å². The van der Waals surface area contributed by atoms with E-state index in [4.69, 9.17) is 34.8 Å². The number of nitrogens with one attached hydrogen (secondary N) is 1. The predicted molar refractivity (Wildman–Crippen MR) is 68.1 cm³/mol. The molecule has 0 atom stereocenters. The Kier molecular flexibility index (Phi) is 4.72. The summed E-state index contributed by atoms with van der Waals surface area (Å²) in [6.45, 7) is 4.84. The van der Waals surface area contributed by atoms with Gasteiger partial charge in [0.15, 0.2) is 0 Å². The maximum absolute atomic E-state index is 5.91. The zero-order valence-electron chi connectivity index (χ0n) is 8.78. The van der Waals surface area contributed by atoms with Crippen LogP contribution in [0.15, 0.2) is 18.2 Å². The van der Waals surface area contributed by atoms with Crippen molar-refractivity contribution in [2.24, 2.45) is 0 Å². The molecule has 0 aliphatic heterocycles.